The van der Waals surface area contributed by atoms with Crippen LogP contribution in [-0.2, 0) is 17.6 Å². The predicted molar refractivity (Wildman–Crippen MR) is 89.9 cm³/mol. The van der Waals surface area contributed by atoms with Gasteiger partial charge >= 0.3 is 0 Å². The third kappa shape index (κ3) is 3.96. The van der Waals surface area contributed by atoms with Crippen LogP contribution in [0.4, 0.5) is 4.39 Å². The van der Waals surface area contributed by atoms with Crippen LogP contribution in [0.15, 0.2) is 36.7 Å². The number of likely N-dealkylation sites (tertiary alicyclic amines) is 1. The van der Waals surface area contributed by atoms with E-state index in [1.54, 1.807) is 31.5 Å². The predicted octanol–water partition coefficient (Wildman–Crippen LogP) is 3.01. The minimum absolute atomic E-state index is 0.130. The molecular formula is C19H22FN3O. The van der Waals surface area contributed by atoms with Gasteiger partial charge in [-0.1, -0.05) is 18.2 Å². The smallest absolute Gasteiger partial charge is 0.219 e. The molecule has 1 aliphatic heterocycles. The summed E-state index contributed by atoms with van der Waals surface area (Å²) in [5.41, 5.74) is 2.37. The maximum atomic E-state index is 13.9. The lowest BCUT2D eigenvalue weighted by Crippen LogP contribution is -2.39. The number of amides is 1. The average Bonchev–Trinajstić information content (AvgIpc) is 2.59. The zero-order chi connectivity index (χ0) is 16.9. The molecule has 126 valence electrons. The highest BCUT2D eigenvalue weighted by Crippen LogP contribution is 2.22. The number of carbonyl (C=O) groups excluding carboxylic acids is 1. The van der Waals surface area contributed by atoms with E-state index < -0.39 is 0 Å². The van der Waals surface area contributed by atoms with Crippen molar-refractivity contribution in [2.75, 3.05) is 13.1 Å². The van der Waals surface area contributed by atoms with Gasteiger partial charge in [-0.3, -0.25) is 14.8 Å². The van der Waals surface area contributed by atoms with Crippen molar-refractivity contribution < 1.29 is 9.18 Å². The van der Waals surface area contributed by atoms with Crippen LogP contribution in [0.1, 0.15) is 36.7 Å². The Hall–Kier alpha value is -2.30. The van der Waals surface area contributed by atoms with Crippen LogP contribution in [0.25, 0.3) is 0 Å². The first-order valence-corrected chi connectivity index (χ1v) is 8.41. The van der Waals surface area contributed by atoms with Gasteiger partial charge in [-0.2, -0.15) is 0 Å². The number of halogens is 1. The topological polar surface area (TPSA) is 46.1 Å². The molecule has 1 fully saturated rings. The van der Waals surface area contributed by atoms with Gasteiger partial charge in [0.1, 0.15) is 5.82 Å². The van der Waals surface area contributed by atoms with Crippen molar-refractivity contribution in [2.45, 2.75) is 32.6 Å². The van der Waals surface area contributed by atoms with Crippen molar-refractivity contribution in [3.8, 4) is 0 Å². The first kappa shape index (κ1) is 16.6. The van der Waals surface area contributed by atoms with E-state index in [0.29, 0.717) is 17.9 Å². The summed E-state index contributed by atoms with van der Waals surface area (Å²) in [4.78, 5) is 22.4. The number of nitrogens with zero attached hydrogens (tertiary/aromatic N) is 3. The molecule has 1 amide bonds. The van der Waals surface area contributed by atoms with Gasteiger partial charge in [0.15, 0.2) is 0 Å². The van der Waals surface area contributed by atoms with E-state index >= 15 is 0 Å². The minimum Gasteiger partial charge on any atom is -0.343 e. The molecule has 2 aromatic rings. The van der Waals surface area contributed by atoms with Gasteiger partial charge in [0, 0.05) is 38.8 Å². The zero-order valence-electron chi connectivity index (χ0n) is 13.9. The maximum absolute atomic E-state index is 13.9. The molecule has 0 aliphatic carbocycles. The molecule has 1 saturated heterocycles. The zero-order valence-corrected chi connectivity index (χ0v) is 13.9. The molecule has 0 N–H and O–H groups in total. The van der Waals surface area contributed by atoms with Crippen LogP contribution in [0, 0.1) is 11.7 Å². The number of rotatable bonds is 4. The monoisotopic (exact) mass is 327 g/mol. The molecule has 0 spiro atoms. The second kappa shape index (κ2) is 7.51. The third-order valence-corrected chi connectivity index (χ3v) is 4.62. The molecule has 2 heterocycles. The van der Waals surface area contributed by atoms with Gasteiger partial charge in [-0.25, -0.2) is 4.39 Å². The summed E-state index contributed by atoms with van der Waals surface area (Å²) < 4.78 is 13.9. The summed E-state index contributed by atoms with van der Waals surface area (Å²) >= 11 is 0. The van der Waals surface area contributed by atoms with Crippen molar-refractivity contribution in [2.24, 2.45) is 5.92 Å². The average molecular weight is 327 g/mol. The summed E-state index contributed by atoms with van der Waals surface area (Å²) in [6.45, 7) is 3.23. The van der Waals surface area contributed by atoms with E-state index in [-0.39, 0.29) is 11.7 Å². The second-order valence-electron chi connectivity index (χ2n) is 6.40. The van der Waals surface area contributed by atoms with Gasteiger partial charge in [0.25, 0.3) is 0 Å². The first-order valence-electron chi connectivity index (χ1n) is 8.41. The number of carbonyl (C=O) groups is 1. The van der Waals surface area contributed by atoms with E-state index in [4.69, 9.17) is 0 Å². The normalized spacial score (nSPS) is 17.8. The van der Waals surface area contributed by atoms with E-state index in [0.717, 1.165) is 43.7 Å². The second-order valence-corrected chi connectivity index (χ2v) is 6.40. The fraction of sp³-hybridized carbons (Fsp3) is 0.421. The van der Waals surface area contributed by atoms with E-state index in [2.05, 4.69) is 9.97 Å². The molecule has 3 rings (SSSR count). The Labute approximate surface area is 141 Å². The Balaban J connectivity index is 1.75. The van der Waals surface area contributed by atoms with Gasteiger partial charge in [0.05, 0.1) is 11.4 Å². The van der Waals surface area contributed by atoms with Crippen LogP contribution in [0.2, 0.25) is 0 Å². The standard InChI is InChI=1S/C19H22FN3O/c1-14(24)23-10-4-5-15(13-23)11-18-19(22-9-8-21-18)12-16-6-2-3-7-17(16)20/h2-3,6-9,15H,4-5,10-13H2,1H3/t15-/m0/s1. The fourth-order valence-corrected chi connectivity index (χ4v) is 3.33. The number of hydrogen-bond donors (Lipinski definition) is 0. The molecule has 4 nitrogen and oxygen atoms in total. The van der Waals surface area contributed by atoms with Gasteiger partial charge in [0.2, 0.25) is 5.91 Å². The van der Waals surface area contributed by atoms with Crippen LogP contribution >= 0.6 is 0 Å². The summed E-state index contributed by atoms with van der Waals surface area (Å²) in [6, 6.07) is 6.78. The summed E-state index contributed by atoms with van der Waals surface area (Å²) in [7, 11) is 0. The molecule has 5 heteroatoms. The Morgan fingerprint density at radius 1 is 1.25 bits per heavy atom. The molecule has 1 aliphatic rings. The highest BCUT2D eigenvalue weighted by Gasteiger charge is 2.23. The Morgan fingerprint density at radius 2 is 2.00 bits per heavy atom. The molecule has 0 bridgehead atoms. The first-order chi connectivity index (χ1) is 11.6. The third-order valence-electron chi connectivity index (χ3n) is 4.62. The van der Waals surface area contributed by atoms with Crippen molar-refractivity contribution in [1.82, 2.24) is 14.9 Å². The molecule has 0 radical (unpaired) electrons. The Morgan fingerprint density at radius 3 is 2.75 bits per heavy atom. The molecule has 0 saturated carbocycles. The lowest BCUT2D eigenvalue weighted by molar-refractivity contribution is -0.130. The number of hydrogen-bond acceptors (Lipinski definition) is 3. The lowest BCUT2D eigenvalue weighted by Gasteiger charge is -2.32. The van der Waals surface area contributed by atoms with Crippen molar-refractivity contribution in [3.63, 3.8) is 0 Å². The van der Waals surface area contributed by atoms with E-state index in [1.165, 1.54) is 6.07 Å². The summed E-state index contributed by atoms with van der Waals surface area (Å²) in [5.74, 6) is 0.304. The molecule has 24 heavy (non-hydrogen) atoms. The Bertz CT molecular complexity index is 719. The minimum atomic E-state index is -0.213. The van der Waals surface area contributed by atoms with Crippen molar-refractivity contribution in [1.29, 1.82) is 0 Å². The quantitative estimate of drug-likeness (QED) is 0.867. The molecule has 1 atom stereocenters. The maximum Gasteiger partial charge on any atom is 0.219 e. The molecular weight excluding hydrogens is 305 g/mol. The van der Waals surface area contributed by atoms with Gasteiger partial charge in [-0.15, -0.1) is 0 Å². The van der Waals surface area contributed by atoms with E-state index in [9.17, 15) is 9.18 Å². The van der Waals surface area contributed by atoms with Crippen LogP contribution < -0.4 is 0 Å². The van der Waals surface area contributed by atoms with Crippen LogP contribution in [0.3, 0.4) is 0 Å². The largest absolute Gasteiger partial charge is 0.343 e. The van der Waals surface area contributed by atoms with E-state index in [1.807, 2.05) is 11.0 Å². The summed E-state index contributed by atoms with van der Waals surface area (Å²) in [6.07, 6.45) is 6.67. The van der Waals surface area contributed by atoms with Crippen molar-refractivity contribution in [3.05, 3.63) is 59.4 Å². The van der Waals surface area contributed by atoms with Crippen LogP contribution in [0.5, 0.6) is 0 Å². The number of benzene rings is 1. The number of aromatic nitrogens is 2. The highest BCUT2D eigenvalue weighted by atomic mass is 19.1. The number of piperidine rings is 1. The van der Waals surface area contributed by atoms with Gasteiger partial charge < -0.3 is 4.90 Å². The fourth-order valence-electron chi connectivity index (χ4n) is 3.33. The molecule has 1 aromatic carbocycles. The van der Waals surface area contributed by atoms with Crippen molar-refractivity contribution >= 4 is 5.91 Å². The SMILES string of the molecule is CC(=O)N1CCC[C@@H](Cc2nccnc2Cc2ccccc2F)C1. The highest BCUT2D eigenvalue weighted by molar-refractivity contribution is 5.73. The molecule has 0 unspecified atom stereocenters. The Kier molecular flexibility index (Phi) is 5.18. The lowest BCUT2D eigenvalue weighted by atomic mass is 9.92. The summed E-state index contributed by atoms with van der Waals surface area (Å²) in [5, 5.41) is 0. The molecule has 1 aromatic heterocycles. The van der Waals surface area contributed by atoms with Gasteiger partial charge in [-0.05, 0) is 36.8 Å². The van der Waals surface area contributed by atoms with Crippen LogP contribution in [-0.4, -0.2) is 33.9 Å².